The molecule has 0 bridgehead atoms. The molecule has 0 saturated carbocycles. The lowest BCUT2D eigenvalue weighted by atomic mass is 10.1. The second kappa shape index (κ2) is 8.28. The number of benzene rings is 2. The highest BCUT2D eigenvalue weighted by Crippen LogP contribution is 2.35. The molecule has 0 saturated heterocycles. The molecule has 0 radical (unpaired) electrons. The fourth-order valence-electron chi connectivity index (χ4n) is 3.15. The van der Waals surface area contributed by atoms with Gasteiger partial charge in [-0.2, -0.15) is 0 Å². The molecule has 2 aromatic carbocycles. The smallest absolute Gasteiger partial charge is 0.244 e. The maximum atomic E-state index is 13.1. The van der Waals surface area contributed by atoms with Crippen molar-refractivity contribution in [2.24, 2.45) is 0 Å². The quantitative estimate of drug-likeness (QED) is 0.774. The van der Waals surface area contributed by atoms with Gasteiger partial charge < -0.3 is 14.8 Å². The minimum absolute atomic E-state index is 0.300. The fourth-order valence-corrected chi connectivity index (χ4v) is 4.31. The summed E-state index contributed by atoms with van der Waals surface area (Å²) in [7, 11) is -3.77. The van der Waals surface area contributed by atoms with Crippen LogP contribution in [0.1, 0.15) is 25.5 Å². The molecule has 0 fully saturated rings. The largest absolute Gasteiger partial charge is 0.486 e. The predicted octanol–water partition coefficient (Wildman–Crippen LogP) is 2.63. The molecule has 1 N–H and O–H groups in total. The van der Waals surface area contributed by atoms with E-state index in [2.05, 4.69) is 5.32 Å². The molecule has 1 aliphatic rings. The number of halogens is 1. The highest BCUT2D eigenvalue weighted by molar-refractivity contribution is 7.92. The van der Waals surface area contributed by atoms with Crippen molar-refractivity contribution >= 4 is 21.6 Å². The standard InChI is InChI=1S/C20H23FN2O5S/c1-13(15-4-6-16(21)7-5-15)22-20(24)14(2)23(29(3,25)26)17-8-9-18-19(12-17)28-11-10-27-18/h4-9,12-14H,10-11H2,1-3H3,(H,22,24)/t13-,14+/m0/s1. The second-order valence-corrected chi connectivity index (χ2v) is 8.70. The van der Waals surface area contributed by atoms with Gasteiger partial charge in [-0.1, -0.05) is 12.1 Å². The average molecular weight is 422 g/mol. The van der Waals surface area contributed by atoms with Crippen LogP contribution < -0.4 is 19.1 Å². The van der Waals surface area contributed by atoms with E-state index in [0.29, 0.717) is 36.0 Å². The Kier molecular flexibility index (Phi) is 5.97. The molecule has 0 aliphatic carbocycles. The van der Waals surface area contributed by atoms with Gasteiger partial charge in [0.15, 0.2) is 11.5 Å². The highest BCUT2D eigenvalue weighted by atomic mass is 32.2. The van der Waals surface area contributed by atoms with E-state index in [-0.39, 0.29) is 5.82 Å². The van der Waals surface area contributed by atoms with Crippen LogP contribution in [0.2, 0.25) is 0 Å². The van der Waals surface area contributed by atoms with Crippen molar-refractivity contribution in [1.82, 2.24) is 5.32 Å². The predicted molar refractivity (Wildman–Crippen MR) is 107 cm³/mol. The number of ether oxygens (including phenoxy) is 2. The Bertz CT molecular complexity index is 994. The number of anilines is 1. The van der Waals surface area contributed by atoms with Crippen molar-refractivity contribution in [3.63, 3.8) is 0 Å². The molecule has 1 amide bonds. The third-order valence-corrected chi connectivity index (χ3v) is 5.84. The Balaban J connectivity index is 1.83. The van der Waals surface area contributed by atoms with E-state index in [1.165, 1.54) is 19.1 Å². The number of rotatable bonds is 6. The summed E-state index contributed by atoms with van der Waals surface area (Å²) in [5.74, 6) is 0.0924. The highest BCUT2D eigenvalue weighted by Gasteiger charge is 2.31. The lowest BCUT2D eigenvalue weighted by Gasteiger charge is -2.30. The maximum Gasteiger partial charge on any atom is 0.244 e. The number of hydrogen-bond donors (Lipinski definition) is 1. The minimum Gasteiger partial charge on any atom is -0.486 e. The zero-order chi connectivity index (χ0) is 21.2. The molecule has 7 nitrogen and oxygen atoms in total. The summed E-state index contributed by atoms with van der Waals surface area (Å²) in [6.45, 7) is 4.03. The molecule has 0 aromatic heterocycles. The van der Waals surface area contributed by atoms with Crippen molar-refractivity contribution in [2.45, 2.75) is 25.9 Å². The molecule has 3 rings (SSSR count). The molecule has 156 valence electrons. The van der Waals surface area contributed by atoms with Crippen molar-refractivity contribution in [3.05, 3.63) is 53.8 Å². The molecular formula is C20H23FN2O5S. The summed E-state index contributed by atoms with van der Waals surface area (Å²) < 4.78 is 50.1. The topological polar surface area (TPSA) is 84.9 Å². The first-order chi connectivity index (χ1) is 13.7. The van der Waals surface area contributed by atoms with Crippen LogP contribution >= 0.6 is 0 Å². The summed E-state index contributed by atoms with van der Waals surface area (Å²) >= 11 is 0. The third-order valence-electron chi connectivity index (χ3n) is 4.60. The van der Waals surface area contributed by atoms with E-state index in [1.807, 2.05) is 0 Å². The number of nitrogens with one attached hydrogen (secondary N) is 1. The van der Waals surface area contributed by atoms with Gasteiger partial charge in [0.25, 0.3) is 0 Å². The van der Waals surface area contributed by atoms with Crippen molar-refractivity contribution in [3.8, 4) is 11.5 Å². The number of hydrogen-bond acceptors (Lipinski definition) is 5. The molecule has 0 unspecified atom stereocenters. The van der Waals surface area contributed by atoms with E-state index < -0.39 is 28.0 Å². The third kappa shape index (κ3) is 4.79. The van der Waals surface area contributed by atoms with Gasteiger partial charge in [-0.3, -0.25) is 9.10 Å². The van der Waals surface area contributed by atoms with Gasteiger partial charge >= 0.3 is 0 Å². The van der Waals surface area contributed by atoms with Crippen LogP contribution in [0.3, 0.4) is 0 Å². The minimum atomic E-state index is -3.77. The van der Waals surface area contributed by atoms with Crippen molar-refractivity contribution in [2.75, 3.05) is 23.8 Å². The fraction of sp³-hybridized carbons (Fsp3) is 0.350. The second-order valence-electron chi connectivity index (χ2n) is 6.84. The first-order valence-corrected chi connectivity index (χ1v) is 11.0. The summed E-state index contributed by atoms with van der Waals surface area (Å²) in [5, 5.41) is 2.78. The number of sulfonamides is 1. The van der Waals surface area contributed by atoms with E-state index in [0.717, 1.165) is 10.6 Å². The SMILES string of the molecule is C[C@H](NC(=O)[C@@H](C)N(c1ccc2c(c1)OCCO2)S(C)(=O)=O)c1ccc(F)cc1. The van der Waals surface area contributed by atoms with Gasteiger partial charge in [-0.25, -0.2) is 12.8 Å². The van der Waals surface area contributed by atoms with Crippen molar-refractivity contribution < 1.29 is 27.1 Å². The van der Waals surface area contributed by atoms with Crippen LogP contribution in [0.4, 0.5) is 10.1 Å². The van der Waals surface area contributed by atoms with Crippen LogP contribution in [-0.2, 0) is 14.8 Å². The van der Waals surface area contributed by atoms with E-state index >= 15 is 0 Å². The average Bonchev–Trinajstić information content (AvgIpc) is 2.67. The van der Waals surface area contributed by atoms with Gasteiger partial charge in [0.1, 0.15) is 25.1 Å². The summed E-state index contributed by atoms with van der Waals surface area (Å²) in [6, 6.07) is 9.04. The van der Waals surface area contributed by atoms with Crippen molar-refractivity contribution in [1.29, 1.82) is 0 Å². The number of carbonyl (C=O) groups excluding carboxylic acids is 1. The van der Waals surface area contributed by atoms with E-state index in [1.54, 1.807) is 37.3 Å². The van der Waals surface area contributed by atoms with Crippen LogP contribution in [0.5, 0.6) is 11.5 Å². The van der Waals surface area contributed by atoms with Gasteiger partial charge in [-0.15, -0.1) is 0 Å². The Hall–Kier alpha value is -2.81. The van der Waals surface area contributed by atoms with Gasteiger partial charge in [0.2, 0.25) is 15.9 Å². The number of amides is 1. The van der Waals surface area contributed by atoms with Crippen LogP contribution in [0.15, 0.2) is 42.5 Å². The Morgan fingerprint density at radius 2 is 1.69 bits per heavy atom. The zero-order valence-electron chi connectivity index (χ0n) is 16.4. The maximum absolute atomic E-state index is 13.1. The molecule has 9 heteroatoms. The number of carbonyl (C=O) groups is 1. The first kappa shape index (κ1) is 20.9. The molecule has 29 heavy (non-hydrogen) atoms. The lowest BCUT2D eigenvalue weighted by molar-refractivity contribution is -0.122. The molecule has 1 heterocycles. The summed E-state index contributed by atoms with van der Waals surface area (Å²) in [6.07, 6.45) is 1.04. The Morgan fingerprint density at radius 3 is 2.31 bits per heavy atom. The van der Waals surface area contributed by atoms with Crippen LogP contribution in [0.25, 0.3) is 0 Å². The monoisotopic (exact) mass is 422 g/mol. The van der Waals surface area contributed by atoms with Gasteiger partial charge in [-0.05, 0) is 43.7 Å². The normalized spacial score (nSPS) is 15.3. The first-order valence-electron chi connectivity index (χ1n) is 9.11. The zero-order valence-corrected chi connectivity index (χ0v) is 17.2. The van der Waals surface area contributed by atoms with Gasteiger partial charge in [0.05, 0.1) is 18.0 Å². The van der Waals surface area contributed by atoms with E-state index in [9.17, 15) is 17.6 Å². The van der Waals surface area contributed by atoms with Gasteiger partial charge in [0, 0.05) is 6.07 Å². The molecule has 1 aliphatic heterocycles. The summed E-state index contributed by atoms with van der Waals surface area (Å²) in [4.78, 5) is 12.8. The number of fused-ring (bicyclic) bond motifs is 1. The van der Waals surface area contributed by atoms with Crippen LogP contribution in [-0.4, -0.2) is 39.8 Å². The molecule has 2 aromatic rings. The Labute approximate surface area is 169 Å². The molecule has 0 spiro atoms. The Morgan fingerprint density at radius 1 is 1.07 bits per heavy atom. The van der Waals surface area contributed by atoms with Crippen LogP contribution in [0, 0.1) is 5.82 Å². The summed E-state index contributed by atoms with van der Waals surface area (Å²) in [5.41, 5.74) is 1.01. The lowest BCUT2D eigenvalue weighted by Crippen LogP contribution is -2.48. The molecular weight excluding hydrogens is 399 g/mol. The molecule has 2 atom stereocenters. The number of nitrogens with zero attached hydrogens (tertiary/aromatic N) is 1. The van der Waals surface area contributed by atoms with E-state index in [4.69, 9.17) is 9.47 Å².